The minimum absolute atomic E-state index is 0.311. The first-order valence-corrected chi connectivity index (χ1v) is 9.12. The molecule has 0 bridgehead atoms. The summed E-state index contributed by atoms with van der Waals surface area (Å²) in [6.07, 6.45) is 1.95. The number of hydrogen-bond acceptors (Lipinski definition) is 3. The molecule has 0 aromatic heterocycles. The lowest BCUT2D eigenvalue weighted by molar-refractivity contribution is 0.0826. The van der Waals surface area contributed by atoms with E-state index in [0.29, 0.717) is 0 Å². The van der Waals surface area contributed by atoms with Gasteiger partial charge in [-0.15, -0.1) is 0 Å². The standard InChI is InChI=1S/C22H19ClN2O/c1-21(2)17-12-15(23)9-10-18(17)25(3)22(21)13-24-20-16-7-5-4-6-14(16)8-11-19(20)26-22/h4-13H,1-3H3. The van der Waals surface area contributed by atoms with Crippen LogP contribution in [0, 0.1) is 0 Å². The molecule has 130 valence electrons. The Hall–Kier alpha value is -2.52. The Balaban J connectivity index is 1.71. The molecule has 3 aromatic rings. The summed E-state index contributed by atoms with van der Waals surface area (Å²) in [5, 5.41) is 3.01. The highest BCUT2D eigenvalue weighted by atomic mass is 35.5. The van der Waals surface area contributed by atoms with Crippen molar-refractivity contribution >= 4 is 40.0 Å². The molecule has 3 nitrogen and oxygen atoms in total. The van der Waals surface area contributed by atoms with Gasteiger partial charge in [0.05, 0.1) is 11.6 Å². The van der Waals surface area contributed by atoms with Crippen LogP contribution in [0.1, 0.15) is 19.4 Å². The Kier molecular flexibility index (Phi) is 3.03. The van der Waals surface area contributed by atoms with Gasteiger partial charge in [0.25, 0.3) is 0 Å². The van der Waals surface area contributed by atoms with Crippen molar-refractivity contribution in [2.75, 3.05) is 11.9 Å². The van der Waals surface area contributed by atoms with E-state index in [1.165, 1.54) is 5.56 Å². The number of aliphatic imine (C=N–C) groups is 1. The predicted octanol–water partition coefficient (Wildman–Crippen LogP) is 5.71. The van der Waals surface area contributed by atoms with Gasteiger partial charge in [0, 0.05) is 23.1 Å². The van der Waals surface area contributed by atoms with Gasteiger partial charge in [0.1, 0.15) is 11.4 Å². The highest BCUT2D eigenvalue weighted by Crippen LogP contribution is 2.54. The second kappa shape index (κ2) is 5.01. The number of nitrogens with zero attached hydrogens (tertiary/aromatic N) is 2. The molecule has 2 aliphatic heterocycles. The van der Waals surface area contributed by atoms with Crippen molar-refractivity contribution in [2.24, 2.45) is 4.99 Å². The van der Waals surface area contributed by atoms with Crippen molar-refractivity contribution in [1.29, 1.82) is 0 Å². The summed E-state index contributed by atoms with van der Waals surface area (Å²) in [4.78, 5) is 7.05. The van der Waals surface area contributed by atoms with Crippen LogP contribution in [0.15, 0.2) is 59.6 Å². The smallest absolute Gasteiger partial charge is 0.228 e. The highest BCUT2D eigenvalue weighted by Gasteiger charge is 2.58. The molecule has 2 aliphatic rings. The Morgan fingerprint density at radius 2 is 1.85 bits per heavy atom. The summed E-state index contributed by atoms with van der Waals surface area (Å²) in [6, 6.07) is 18.4. The Bertz CT molecular complexity index is 1090. The zero-order valence-electron chi connectivity index (χ0n) is 15.0. The molecule has 0 saturated heterocycles. The average Bonchev–Trinajstić information content (AvgIpc) is 2.80. The van der Waals surface area contributed by atoms with Gasteiger partial charge >= 0.3 is 0 Å². The van der Waals surface area contributed by atoms with Crippen molar-refractivity contribution in [3.8, 4) is 5.75 Å². The molecule has 1 unspecified atom stereocenters. The monoisotopic (exact) mass is 362 g/mol. The van der Waals surface area contributed by atoms with Crippen LogP contribution in [-0.2, 0) is 5.41 Å². The topological polar surface area (TPSA) is 24.8 Å². The number of hydrogen-bond donors (Lipinski definition) is 0. The third kappa shape index (κ3) is 1.81. The molecular formula is C22H19ClN2O. The molecule has 2 heterocycles. The number of rotatable bonds is 0. The summed E-state index contributed by atoms with van der Waals surface area (Å²) in [5.41, 5.74) is 2.19. The van der Waals surface area contributed by atoms with Gasteiger partial charge in [-0.25, -0.2) is 0 Å². The minimum Gasteiger partial charge on any atom is -0.459 e. The van der Waals surface area contributed by atoms with E-state index in [1.807, 2.05) is 36.5 Å². The maximum absolute atomic E-state index is 6.67. The molecule has 0 saturated carbocycles. The lowest BCUT2D eigenvalue weighted by Gasteiger charge is -2.45. The normalized spacial score (nSPS) is 22.4. The third-order valence-electron chi connectivity index (χ3n) is 5.88. The average molecular weight is 363 g/mol. The lowest BCUT2D eigenvalue weighted by Crippen LogP contribution is -2.61. The Labute approximate surface area is 157 Å². The van der Waals surface area contributed by atoms with E-state index in [4.69, 9.17) is 21.3 Å². The maximum Gasteiger partial charge on any atom is 0.228 e. The first kappa shape index (κ1) is 15.7. The fourth-order valence-electron chi connectivity index (χ4n) is 4.33. The van der Waals surface area contributed by atoms with E-state index in [2.05, 4.69) is 50.1 Å². The minimum atomic E-state index is -0.685. The first-order chi connectivity index (χ1) is 12.4. The summed E-state index contributed by atoms with van der Waals surface area (Å²) < 4.78 is 6.67. The van der Waals surface area contributed by atoms with Gasteiger partial charge in [0.15, 0.2) is 0 Å². The second-order valence-electron chi connectivity index (χ2n) is 7.54. The summed E-state index contributed by atoms with van der Waals surface area (Å²) in [7, 11) is 2.06. The number of ether oxygens (including phenoxy) is 1. The van der Waals surface area contributed by atoms with Crippen LogP contribution in [0.25, 0.3) is 10.8 Å². The Morgan fingerprint density at radius 1 is 1.04 bits per heavy atom. The van der Waals surface area contributed by atoms with Crippen LogP contribution in [0.4, 0.5) is 11.4 Å². The van der Waals surface area contributed by atoms with E-state index in [1.54, 1.807) is 0 Å². The van der Waals surface area contributed by atoms with Crippen LogP contribution in [0.3, 0.4) is 0 Å². The van der Waals surface area contributed by atoms with Gasteiger partial charge < -0.3 is 9.64 Å². The van der Waals surface area contributed by atoms with Crippen LogP contribution < -0.4 is 9.64 Å². The predicted molar refractivity (Wildman–Crippen MR) is 108 cm³/mol. The van der Waals surface area contributed by atoms with Crippen LogP contribution in [-0.4, -0.2) is 19.0 Å². The van der Waals surface area contributed by atoms with Gasteiger partial charge in [-0.2, -0.15) is 0 Å². The van der Waals surface area contributed by atoms with Gasteiger partial charge in [-0.05, 0) is 49.1 Å². The van der Waals surface area contributed by atoms with Crippen molar-refractivity contribution in [1.82, 2.24) is 0 Å². The number of fused-ring (bicyclic) bond motifs is 4. The zero-order valence-corrected chi connectivity index (χ0v) is 15.7. The Morgan fingerprint density at radius 3 is 2.69 bits per heavy atom. The molecule has 1 spiro atoms. The van der Waals surface area contributed by atoms with Crippen LogP contribution >= 0.6 is 11.6 Å². The molecular weight excluding hydrogens is 344 g/mol. The summed E-state index contributed by atoms with van der Waals surface area (Å²) in [5.74, 6) is 0.810. The zero-order chi connectivity index (χ0) is 18.1. The van der Waals surface area contributed by atoms with E-state index < -0.39 is 5.72 Å². The lowest BCUT2D eigenvalue weighted by atomic mass is 9.77. The van der Waals surface area contributed by atoms with E-state index in [0.717, 1.165) is 32.9 Å². The molecule has 4 heteroatoms. The number of halogens is 1. The van der Waals surface area contributed by atoms with E-state index in [-0.39, 0.29) is 5.41 Å². The maximum atomic E-state index is 6.67. The fourth-order valence-corrected chi connectivity index (χ4v) is 4.51. The summed E-state index contributed by atoms with van der Waals surface area (Å²) >= 11 is 6.28. The van der Waals surface area contributed by atoms with E-state index >= 15 is 0 Å². The van der Waals surface area contributed by atoms with Crippen molar-refractivity contribution in [3.63, 3.8) is 0 Å². The highest BCUT2D eigenvalue weighted by molar-refractivity contribution is 6.30. The van der Waals surface area contributed by atoms with Gasteiger partial charge in [0.2, 0.25) is 5.72 Å². The second-order valence-corrected chi connectivity index (χ2v) is 7.97. The van der Waals surface area contributed by atoms with Crippen molar-refractivity contribution in [3.05, 3.63) is 65.2 Å². The van der Waals surface area contributed by atoms with Crippen LogP contribution in [0.2, 0.25) is 5.02 Å². The number of anilines is 1. The van der Waals surface area contributed by atoms with Gasteiger partial charge in [-0.1, -0.05) is 41.9 Å². The molecule has 0 fully saturated rings. The molecule has 5 rings (SSSR count). The number of benzene rings is 3. The quantitative estimate of drug-likeness (QED) is 0.511. The first-order valence-electron chi connectivity index (χ1n) is 8.74. The largest absolute Gasteiger partial charge is 0.459 e. The molecule has 3 aromatic carbocycles. The molecule has 0 N–H and O–H groups in total. The van der Waals surface area contributed by atoms with E-state index in [9.17, 15) is 0 Å². The molecule has 0 aliphatic carbocycles. The molecule has 1 atom stereocenters. The molecule has 0 amide bonds. The third-order valence-corrected chi connectivity index (χ3v) is 6.12. The fraction of sp³-hybridized carbons (Fsp3) is 0.227. The SMILES string of the molecule is CN1c2ccc(Cl)cc2C(C)(C)C12C=Nc1c(ccc3ccccc13)O2. The van der Waals surface area contributed by atoms with Crippen molar-refractivity contribution in [2.45, 2.75) is 25.0 Å². The summed E-state index contributed by atoms with van der Waals surface area (Å²) in [6.45, 7) is 4.37. The molecule has 0 radical (unpaired) electrons. The van der Waals surface area contributed by atoms with Gasteiger partial charge in [-0.3, -0.25) is 4.99 Å². The molecule has 26 heavy (non-hydrogen) atoms. The number of likely N-dealkylation sites (N-methyl/N-ethyl adjacent to an activating group) is 1. The van der Waals surface area contributed by atoms with Crippen LogP contribution in [0.5, 0.6) is 5.75 Å². The van der Waals surface area contributed by atoms with Crippen molar-refractivity contribution < 1.29 is 4.74 Å².